The molecule has 0 unspecified atom stereocenters. The molecule has 2 heterocycles. The number of halogens is 4. The lowest BCUT2D eigenvalue weighted by Crippen LogP contribution is -2.27. The van der Waals surface area contributed by atoms with Crippen LogP contribution < -0.4 is 10.6 Å². The molecule has 1 aromatic carbocycles. The standard InChI is InChI=1S/C12H10F4N4/c13-7-5(11-17-1-2-18-11)8(14)10(16)6(9(7)15)12-19-3-4-20-12/h1-4H2,(H,17,18)(H,19,20). The fourth-order valence-corrected chi connectivity index (χ4v) is 2.18. The van der Waals surface area contributed by atoms with Crippen LogP contribution in [-0.2, 0) is 0 Å². The molecule has 0 aliphatic carbocycles. The van der Waals surface area contributed by atoms with Crippen LogP contribution in [0.1, 0.15) is 11.1 Å². The van der Waals surface area contributed by atoms with Crippen molar-refractivity contribution in [1.82, 2.24) is 10.6 Å². The maximum atomic E-state index is 14.0. The van der Waals surface area contributed by atoms with E-state index in [2.05, 4.69) is 20.6 Å². The Morgan fingerprint density at radius 3 is 1.25 bits per heavy atom. The summed E-state index contributed by atoms with van der Waals surface area (Å²) in [5.41, 5.74) is -1.61. The Morgan fingerprint density at radius 1 is 0.650 bits per heavy atom. The molecular formula is C12H10F4N4. The van der Waals surface area contributed by atoms with Crippen molar-refractivity contribution in [3.8, 4) is 0 Å². The summed E-state index contributed by atoms with van der Waals surface area (Å²) in [7, 11) is 0. The number of hydrogen-bond donors (Lipinski definition) is 2. The Kier molecular flexibility index (Phi) is 3.07. The topological polar surface area (TPSA) is 48.8 Å². The Hall–Kier alpha value is -2.12. The maximum Gasteiger partial charge on any atom is 0.173 e. The maximum absolute atomic E-state index is 14.0. The molecule has 3 rings (SSSR count). The van der Waals surface area contributed by atoms with Crippen molar-refractivity contribution in [3.63, 3.8) is 0 Å². The molecule has 0 spiro atoms. The third kappa shape index (κ3) is 1.83. The molecule has 4 nitrogen and oxygen atoms in total. The summed E-state index contributed by atoms with van der Waals surface area (Å²) in [6.45, 7) is 1.34. The van der Waals surface area contributed by atoms with Gasteiger partial charge in [-0.3, -0.25) is 9.98 Å². The number of hydrogen-bond acceptors (Lipinski definition) is 4. The normalized spacial score (nSPS) is 17.6. The van der Waals surface area contributed by atoms with Crippen LogP contribution in [-0.4, -0.2) is 37.9 Å². The second-order valence-corrected chi connectivity index (χ2v) is 4.32. The molecule has 0 saturated carbocycles. The first-order valence-electron chi connectivity index (χ1n) is 6.04. The predicted molar refractivity (Wildman–Crippen MR) is 65.1 cm³/mol. The van der Waals surface area contributed by atoms with Crippen molar-refractivity contribution < 1.29 is 17.6 Å². The van der Waals surface area contributed by atoms with E-state index in [0.29, 0.717) is 26.2 Å². The zero-order valence-electron chi connectivity index (χ0n) is 10.2. The second kappa shape index (κ2) is 4.77. The van der Waals surface area contributed by atoms with Gasteiger partial charge in [0.25, 0.3) is 0 Å². The third-order valence-electron chi connectivity index (χ3n) is 3.09. The molecule has 0 atom stereocenters. The average molecular weight is 286 g/mol. The lowest BCUT2D eigenvalue weighted by molar-refractivity contribution is 0.448. The number of nitrogens with zero attached hydrogens (tertiary/aromatic N) is 2. The number of aliphatic imine (C=N–C) groups is 2. The van der Waals surface area contributed by atoms with Gasteiger partial charge in [-0.2, -0.15) is 0 Å². The monoisotopic (exact) mass is 286 g/mol. The molecule has 2 aliphatic rings. The minimum atomic E-state index is -1.47. The zero-order valence-corrected chi connectivity index (χ0v) is 10.2. The van der Waals surface area contributed by atoms with Crippen LogP contribution in [0.3, 0.4) is 0 Å². The quantitative estimate of drug-likeness (QED) is 0.628. The van der Waals surface area contributed by atoms with E-state index in [-0.39, 0.29) is 11.7 Å². The van der Waals surface area contributed by atoms with Crippen LogP contribution in [0.15, 0.2) is 9.98 Å². The number of rotatable bonds is 2. The van der Waals surface area contributed by atoms with Crippen molar-refractivity contribution in [3.05, 3.63) is 34.4 Å². The van der Waals surface area contributed by atoms with Gasteiger partial charge < -0.3 is 10.6 Å². The highest BCUT2D eigenvalue weighted by atomic mass is 19.2. The Labute approximate surface area is 111 Å². The van der Waals surface area contributed by atoms with Gasteiger partial charge in [0.05, 0.1) is 24.2 Å². The van der Waals surface area contributed by atoms with Gasteiger partial charge in [0, 0.05) is 13.1 Å². The number of nitrogens with one attached hydrogen (secondary N) is 2. The van der Waals surface area contributed by atoms with Gasteiger partial charge in [0.1, 0.15) is 11.7 Å². The van der Waals surface area contributed by atoms with Crippen LogP contribution in [0, 0.1) is 23.3 Å². The van der Waals surface area contributed by atoms with E-state index in [1.54, 1.807) is 0 Å². The van der Waals surface area contributed by atoms with E-state index >= 15 is 0 Å². The van der Waals surface area contributed by atoms with Gasteiger partial charge >= 0.3 is 0 Å². The van der Waals surface area contributed by atoms with E-state index in [9.17, 15) is 17.6 Å². The van der Waals surface area contributed by atoms with Crippen molar-refractivity contribution in [1.29, 1.82) is 0 Å². The fraction of sp³-hybridized carbons (Fsp3) is 0.333. The van der Waals surface area contributed by atoms with Crippen molar-refractivity contribution in [2.24, 2.45) is 9.98 Å². The molecular weight excluding hydrogens is 276 g/mol. The van der Waals surface area contributed by atoms with Gasteiger partial charge in [0.15, 0.2) is 23.3 Å². The first-order chi connectivity index (χ1) is 9.61. The molecule has 0 aromatic heterocycles. The first kappa shape index (κ1) is 12.9. The van der Waals surface area contributed by atoms with Crippen molar-refractivity contribution in [2.45, 2.75) is 0 Å². The summed E-state index contributed by atoms with van der Waals surface area (Å²) in [5.74, 6) is -6.23. The van der Waals surface area contributed by atoms with Crippen LogP contribution in [0.5, 0.6) is 0 Å². The average Bonchev–Trinajstić information content (AvgIpc) is 3.10. The molecule has 0 amide bonds. The van der Waals surface area contributed by atoms with Gasteiger partial charge in [-0.05, 0) is 0 Å². The van der Waals surface area contributed by atoms with Crippen LogP contribution in [0.2, 0.25) is 0 Å². The summed E-state index contributed by atoms with van der Waals surface area (Å²) in [5, 5.41) is 5.18. The van der Waals surface area contributed by atoms with E-state index in [4.69, 9.17) is 0 Å². The molecule has 2 aliphatic heterocycles. The minimum Gasteiger partial charge on any atom is -0.368 e. The molecule has 20 heavy (non-hydrogen) atoms. The number of benzene rings is 1. The molecule has 8 heteroatoms. The SMILES string of the molecule is Fc1c(F)c(C2=NCCN2)c(F)c(F)c1C1=NCCN1. The molecule has 1 aromatic rings. The van der Waals surface area contributed by atoms with Crippen LogP contribution in [0.25, 0.3) is 0 Å². The lowest BCUT2D eigenvalue weighted by Gasteiger charge is -2.12. The smallest absolute Gasteiger partial charge is 0.173 e. The summed E-state index contributed by atoms with van der Waals surface area (Å²) in [6, 6.07) is 0. The lowest BCUT2D eigenvalue weighted by atomic mass is 10.1. The largest absolute Gasteiger partial charge is 0.368 e. The molecule has 0 radical (unpaired) electrons. The summed E-state index contributed by atoms with van der Waals surface area (Å²) in [4.78, 5) is 7.57. The van der Waals surface area contributed by atoms with Crippen molar-refractivity contribution >= 4 is 11.7 Å². The molecule has 2 N–H and O–H groups in total. The fourth-order valence-electron chi connectivity index (χ4n) is 2.18. The van der Waals surface area contributed by atoms with Crippen LogP contribution >= 0.6 is 0 Å². The Bertz CT molecular complexity index is 555. The molecule has 106 valence electrons. The van der Waals surface area contributed by atoms with Crippen molar-refractivity contribution in [2.75, 3.05) is 26.2 Å². The van der Waals surface area contributed by atoms with Crippen LogP contribution in [0.4, 0.5) is 17.6 Å². The highest BCUT2D eigenvalue weighted by molar-refractivity contribution is 6.03. The van der Waals surface area contributed by atoms with Gasteiger partial charge in [-0.25, -0.2) is 17.6 Å². The highest BCUT2D eigenvalue weighted by Crippen LogP contribution is 2.25. The van der Waals surface area contributed by atoms with E-state index in [1.807, 2.05) is 0 Å². The second-order valence-electron chi connectivity index (χ2n) is 4.32. The zero-order chi connectivity index (χ0) is 14.3. The molecule has 0 fully saturated rings. The van der Waals surface area contributed by atoms with E-state index < -0.39 is 34.4 Å². The van der Waals surface area contributed by atoms with E-state index in [0.717, 1.165) is 0 Å². The highest BCUT2D eigenvalue weighted by Gasteiger charge is 2.31. The molecule has 0 saturated heterocycles. The van der Waals surface area contributed by atoms with Gasteiger partial charge in [0.2, 0.25) is 0 Å². The minimum absolute atomic E-state index is 0.175. The van der Waals surface area contributed by atoms with Gasteiger partial charge in [-0.1, -0.05) is 0 Å². The number of amidine groups is 2. The summed E-state index contributed by atoms with van der Waals surface area (Å²) < 4.78 is 56.1. The Morgan fingerprint density at radius 2 is 1.00 bits per heavy atom. The third-order valence-corrected chi connectivity index (χ3v) is 3.09. The first-order valence-corrected chi connectivity index (χ1v) is 6.04. The summed E-state index contributed by atoms with van der Waals surface area (Å²) >= 11 is 0. The van der Waals surface area contributed by atoms with Gasteiger partial charge in [-0.15, -0.1) is 0 Å². The summed E-state index contributed by atoms with van der Waals surface area (Å²) in [6.07, 6.45) is 0. The van der Waals surface area contributed by atoms with E-state index in [1.165, 1.54) is 0 Å². The molecule has 0 bridgehead atoms. The Balaban J connectivity index is 2.21. The predicted octanol–water partition coefficient (Wildman–Crippen LogP) is 0.943.